The molecule has 0 unspecified atom stereocenters. The van der Waals surface area contributed by atoms with Crippen LogP contribution in [0.15, 0.2) is 33.5 Å². The van der Waals surface area contributed by atoms with Crippen LogP contribution in [0, 0.1) is 18.3 Å². The van der Waals surface area contributed by atoms with E-state index in [9.17, 15) is 19.6 Å². The van der Waals surface area contributed by atoms with Crippen LogP contribution < -0.4 is 10.9 Å². The van der Waals surface area contributed by atoms with Crippen LogP contribution in [-0.4, -0.2) is 30.2 Å². The average Bonchev–Trinajstić information content (AvgIpc) is 2.70. The third-order valence-electron chi connectivity index (χ3n) is 4.13. The van der Waals surface area contributed by atoms with E-state index >= 15 is 0 Å². The van der Waals surface area contributed by atoms with Gasteiger partial charge < -0.3 is 19.4 Å². The lowest BCUT2D eigenvalue weighted by molar-refractivity contribution is -0.116. The van der Waals surface area contributed by atoms with E-state index in [1.54, 1.807) is 26.0 Å². The Morgan fingerprint density at radius 1 is 1.28 bits per heavy atom. The van der Waals surface area contributed by atoms with Crippen molar-refractivity contribution >= 4 is 33.5 Å². The number of halogens is 1. The third kappa shape index (κ3) is 5.10. The number of amides is 1. The highest BCUT2D eigenvalue weighted by Crippen LogP contribution is 2.23. The van der Waals surface area contributed by atoms with Crippen LogP contribution >= 0.6 is 15.9 Å². The van der Waals surface area contributed by atoms with E-state index < -0.39 is 17.4 Å². The fourth-order valence-electron chi connectivity index (χ4n) is 2.70. The van der Waals surface area contributed by atoms with Crippen molar-refractivity contribution in [2.45, 2.75) is 27.0 Å². The molecule has 8 nitrogen and oxygen atoms in total. The van der Waals surface area contributed by atoms with E-state index in [0.717, 1.165) is 0 Å². The van der Waals surface area contributed by atoms with E-state index in [2.05, 4.69) is 21.2 Å². The van der Waals surface area contributed by atoms with Crippen LogP contribution in [0.3, 0.4) is 0 Å². The maximum Gasteiger partial charge on any atom is 0.338 e. The van der Waals surface area contributed by atoms with Crippen LogP contribution in [0.2, 0.25) is 0 Å². The van der Waals surface area contributed by atoms with Crippen molar-refractivity contribution in [1.29, 1.82) is 5.26 Å². The molecule has 0 aliphatic carbocycles. The Kier molecular flexibility index (Phi) is 7.70. The molecule has 29 heavy (non-hydrogen) atoms. The number of hydrogen-bond donors (Lipinski definition) is 1. The van der Waals surface area contributed by atoms with Crippen LogP contribution in [-0.2, 0) is 27.4 Å². The Hall–Kier alpha value is -2.96. The van der Waals surface area contributed by atoms with Crippen molar-refractivity contribution in [3.05, 3.63) is 61.5 Å². The Labute approximate surface area is 176 Å². The van der Waals surface area contributed by atoms with Crippen molar-refractivity contribution in [2.75, 3.05) is 19.0 Å². The Balaban J connectivity index is 2.23. The molecule has 0 atom stereocenters. The Morgan fingerprint density at radius 2 is 1.93 bits per heavy atom. The number of anilines is 1. The summed E-state index contributed by atoms with van der Waals surface area (Å²) in [6, 6.07) is 8.10. The summed E-state index contributed by atoms with van der Waals surface area (Å²) in [7, 11) is 1.47. The largest absolute Gasteiger partial charge is 0.462 e. The van der Waals surface area contributed by atoms with Gasteiger partial charge in [-0.05, 0) is 54.0 Å². The number of ether oxygens (including phenoxy) is 2. The molecule has 0 saturated carbocycles. The molecular weight excluding hydrogens is 442 g/mol. The zero-order chi connectivity index (χ0) is 21.6. The molecule has 0 bridgehead atoms. The molecular formula is C20H20BrN3O5. The average molecular weight is 462 g/mol. The predicted octanol–water partition coefficient (Wildman–Crippen LogP) is 2.75. The molecule has 1 aromatic heterocycles. The number of esters is 1. The lowest BCUT2D eigenvalue weighted by Gasteiger charge is -2.16. The number of rotatable bonds is 7. The third-order valence-corrected chi connectivity index (χ3v) is 5.18. The summed E-state index contributed by atoms with van der Waals surface area (Å²) >= 11 is 3.38. The van der Waals surface area contributed by atoms with Crippen molar-refractivity contribution in [3.63, 3.8) is 0 Å². The highest BCUT2D eigenvalue weighted by molar-refractivity contribution is 9.10. The summed E-state index contributed by atoms with van der Waals surface area (Å²) in [5, 5.41) is 12.0. The lowest BCUT2D eigenvalue weighted by atomic mass is 10.1. The van der Waals surface area contributed by atoms with E-state index in [4.69, 9.17) is 9.47 Å². The lowest BCUT2D eigenvalue weighted by Crippen LogP contribution is -2.32. The minimum Gasteiger partial charge on any atom is -0.462 e. The summed E-state index contributed by atoms with van der Waals surface area (Å²) in [6.45, 7) is 3.49. The fraction of sp³-hybridized carbons (Fsp3) is 0.300. The monoisotopic (exact) mass is 461 g/mol. The number of carbonyl (C=O) groups is 2. The summed E-state index contributed by atoms with van der Waals surface area (Å²) < 4.78 is 11.7. The molecule has 0 aliphatic heterocycles. The van der Waals surface area contributed by atoms with Crippen molar-refractivity contribution in [1.82, 2.24) is 4.57 Å². The number of nitrogens with one attached hydrogen (secondary N) is 1. The van der Waals surface area contributed by atoms with Gasteiger partial charge in [0.2, 0.25) is 5.91 Å². The van der Waals surface area contributed by atoms with Crippen LogP contribution in [0.4, 0.5) is 5.69 Å². The number of hydrogen-bond acceptors (Lipinski definition) is 6. The quantitative estimate of drug-likeness (QED) is 0.634. The zero-order valence-corrected chi connectivity index (χ0v) is 17.8. The van der Waals surface area contributed by atoms with Gasteiger partial charge in [0.25, 0.3) is 5.56 Å². The summed E-state index contributed by atoms with van der Waals surface area (Å²) in [5.74, 6) is -0.896. The zero-order valence-electron chi connectivity index (χ0n) is 16.2. The van der Waals surface area contributed by atoms with Gasteiger partial charge in [-0.1, -0.05) is 0 Å². The second kappa shape index (κ2) is 10.0. The molecule has 9 heteroatoms. The van der Waals surface area contributed by atoms with Crippen LogP contribution in [0.1, 0.15) is 34.1 Å². The predicted molar refractivity (Wildman–Crippen MR) is 110 cm³/mol. The minimum absolute atomic E-state index is 0.0732. The Bertz CT molecular complexity index is 1020. The van der Waals surface area contributed by atoms with Gasteiger partial charge >= 0.3 is 5.97 Å². The van der Waals surface area contributed by atoms with Gasteiger partial charge in [-0.15, -0.1) is 0 Å². The molecule has 1 N–H and O–H groups in total. The van der Waals surface area contributed by atoms with Crippen molar-refractivity contribution < 1.29 is 19.1 Å². The van der Waals surface area contributed by atoms with Gasteiger partial charge in [-0.2, -0.15) is 5.26 Å². The van der Waals surface area contributed by atoms with Crippen LogP contribution in [0.25, 0.3) is 0 Å². The SMILES string of the molecule is CCOC(=O)c1ccc(NC(=O)Cn2c(C)c(Br)c(COC)c(C#N)c2=O)cc1. The molecule has 0 saturated heterocycles. The highest BCUT2D eigenvalue weighted by Gasteiger charge is 2.19. The molecule has 1 aromatic carbocycles. The van der Waals surface area contributed by atoms with Gasteiger partial charge in [-0.25, -0.2) is 4.79 Å². The van der Waals surface area contributed by atoms with Crippen LogP contribution in [0.5, 0.6) is 0 Å². The van der Waals surface area contributed by atoms with Gasteiger partial charge in [0.1, 0.15) is 18.2 Å². The maximum absolute atomic E-state index is 12.7. The number of carbonyl (C=O) groups excluding carboxylic acids is 2. The smallest absolute Gasteiger partial charge is 0.338 e. The molecule has 1 amide bonds. The number of benzene rings is 1. The number of nitriles is 1. The first-order valence-corrected chi connectivity index (χ1v) is 9.51. The van der Waals surface area contributed by atoms with E-state index in [1.807, 2.05) is 6.07 Å². The second-order valence-corrected chi connectivity index (χ2v) is 6.83. The highest BCUT2D eigenvalue weighted by atomic mass is 79.9. The topological polar surface area (TPSA) is 110 Å². The molecule has 0 spiro atoms. The molecule has 152 valence electrons. The van der Waals surface area contributed by atoms with Crippen molar-refractivity contribution in [2.24, 2.45) is 0 Å². The molecule has 0 radical (unpaired) electrons. The summed E-state index contributed by atoms with van der Waals surface area (Å²) in [4.78, 5) is 36.8. The number of aromatic nitrogens is 1. The fourth-order valence-corrected chi connectivity index (χ4v) is 3.22. The first-order chi connectivity index (χ1) is 13.8. The normalized spacial score (nSPS) is 10.3. The summed E-state index contributed by atoms with van der Waals surface area (Å²) in [5.41, 5.74) is 1.15. The van der Waals surface area contributed by atoms with Gasteiger partial charge in [0.05, 0.1) is 18.8 Å². The van der Waals surface area contributed by atoms with Crippen molar-refractivity contribution in [3.8, 4) is 6.07 Å². The number of nitrogens with zero attached hydrogens (tertiary/aromatic N) is 2. The van der Waals surface area contributed by atoms with E-state index in [-0.39, 0.29) is 25.3 Å². The molecule has 1 heterocycles. The number of pyridine rings is 1. The first-order valence-electron chi connectivity index (χ1n) is 8.71. The van der Waals surface area contributed by atoms with Gasteiger partial charge in [0, 0.05) is 28.5 Å². The van der Waals surface area contributed by atoms with Gasteiger partial charge in [0.15, 0.2) is 0 Å². The Morgan fingerprint density at radius 3 is 2.48 bits per heavy atom. The molecule has 2 rings (SSSR count). The summed E-state index contributed by atoms with van der Waals surface area (Å²) in [6.07, 6.45) is 0. The molecule has 0 fully saturated rings. The second-order valence-electron chi connectivity index (χ2n) is 6.04. The first kappa shape index (κ1) is 22.3. The maximum atomic E-state index is 12.7. The molecule has 0 aliphatic rings. The minimum atomic E-state index is -0.562. The molecule has 2 aromatic rings. The van der Waals surface area contributed by atoms with Gasteiger partial charge in [-0.3, -0.25) is 9.59 Å². The van der Waals surface area contributed by atoms with E-state index in [1.165, 1.54) is 23.8 Å². The number of methoxy groups -OCH3 is 1. The van der Waals surface area contributed by atoms with E-state index in [0.29, 0.717) is 27.0 Å². The standard InChI is InChI=1S/C20H20BrN3O5/c1-4-29-20(27)13-5-7-14(8-6-13)23-17(25)10-24-12(2)18(21)16(11-28-3)15(9-22)19(24)26/h5-8H,4,10-11H2,1-3H3,(H,23,25).